The first kappa shape index (κ1) is 15.9. The van der Waals surface area contributed by atoms with Gasteiger partial charge in [0.2, 0.25) is 0 Å². The number of rotatable bonds is 1. The van der Waals surface area contributed by atoms with Crippen LogP contribution >= 0.6 is 0 Å². The van der Waals surface area contributed by atoms with Gasteiger partial charge < -0.3 is 13.1 Å². The predicted molar refractivity (Wildman–Crippen MR) is 31.3 cm³/mol. The van der Waals surface area contributed by atoms with Gasteiger partial charge in [0.1, 0.15) is 0 Å². The topological polar surface area (TPSA) is 33.5 Å². The maximum absolute atomic E-state index is 3.60. The van der Waals surface area contributed by atoms with Crippen molar-refractivity contribution >= 4 is 23.1 Å². The van der Waals surface area contributed by atoms with Crippen molar-refractivity contribution in [1.29, 1.82) is 0 Å². The van der Waals surface area contributed by atoms with Crippen LogP contribution in [0.1, 0.15) is 19.8 Å². The van der Waals surface area contributed by atoms with Crippen LogP contribution in [0.25, 0.3) is 6.15 Å². The quantitative estimate of drug-likeness (QED) is 0.354. The molecule has 0 aromatic heterocycles. The van der Waals surface area contributed by atoms with E-state index in [-0.39, 0.29) is 29.2 Å². The monoisotopic (exact) mass is 97.1 g/mol. The molecule has 6 heavy (non-hydrogen) atoms. The number of unbranched alkanes of at least 4 members (excludes halogenated alkanes) is 1. The zero-order valence-electron chi connectivity index (χ0n) is 4.41. The van der Waals surface area contributed by atoms with Gasteiger partial charge in [0.25, 0.3) is 0 Å². The molecule has 34 valence electrons. The first-order chi connectivity index (χ1) is 1.91. The van der Waals surface area contributed by atoms with E-state index in [1.165, 1.54) is 6.42 Å². The van der Waals surface area contributed by atoms with E-state index in [9.17, 15) is 0 Å². The maximum atomic E-state index is 3.60. The SMILES string of the molecule is [CH2-]CCC.[Mg+2].[NH2-]. The van der Waals surface area contributed by atoms with E-state index in [0.717, 1.165) is 6.42 Å². The summed E-state index contributed by atoms with van der Waals surface area (Å²) in [6.07, 6.45) is 2.28. The van der Waals surface area contributed by atoms with Crippen molar-refractivity contribution in [3.05, 3.63) is 13.1 Å². The Labute approximate surface area is 56.2 Å². The molecule has 0 rings (SSSR count). The van der Waals surface area contributed by atoms with Gasteiger partial charge in [-0.05, 0) is 0 Å². The van der Waals surface area contributed by atoms with Crippen LogP contribution in [0.4, 0.5) is 0 Å². The Balaban J connectivity index is -0.0000000450. The summed E-state index contributed by atoms with van der Waals surface area (Å²) in [5.74, 6) is 0. The average molecular weight is 97.4 g/mol. The summed E-state index contributed by atoms with van der Waals surface area (Å²) in [4.78, 5) is 0. The van der Waals surface area contributed by atoms with E-state index in [1.54, 1.807) is 0 Å². The van der Waals surface area contributed by atoms with Crippen LogP contribution in [0.2, 0.25) is 0 Å². The molecule has 2 N–H and O–H groups in total. The molecule has 0 aromatic carbocycles. The Morgan fingerprint density at radius 2 is 1.67 bits per heavy atom. The van der Waals surface area contributed by atoms with E-state index < -0.39 is 0 Å². The summed E-state index contributed by atoms with van der Waals surface area (Å²) in [6, 6.07) is 0. The second-order valence-corrected chi connectivity index (χ2v) is 0.854. The minimum atomic E-state index is 0. The molecule has 0 radical (unpaired) electrons. The number of nitrogens with two attached hydrogens (primary N) is 1. The van der Waals surface area contributed by atoms with E-state index in [0.29, 0.717) is 0 Å². The first-order valence-electron chi connectivity index (χ1n) is 1.71. The molecule has 0 bridgehead atoms. The molecular formula is C4H11MgN. The Hall–Kier alpha value is 0.726. The normalized spacial score (nSPS) is 5.00. The minimum absolute atomic E-state index is 0. The molecule has 2 heteroatoms. The summed E-state index contributed by atoms with van der Waals surface area (Å²) < 4.78 is 0. The summed E-state index contributed by atoms with van der Waals surface area (Å²) >= 11 is 0. The van der Waals surface area contributed by atoms with Crippen LogP contribution in [0.5, 0.6) is 0 Å². The van der Waals surface area contributed by atoms with Gasteiger partial charge in [-0.2, -0.15) is 6.42 Å². The van der Waals surface area contributed by atoms with Gasteiger partial charge in [-0.15, -0.1) is 0 Å². The third kappa shape index (κ3) is 22.0. The van der Waals surface area contributed by atoms with Crippen LogP contribution in [0, 0.1) is 6.92 Å². The molecule has 0 heterocycles. The van der Waals surface area contributed by atoms with Gasteiger partial charge in [0.15, 0.2) is 0 Å². The van der Waals surface area contributed by atoms with E-state index in [1.807, 2.05) is 0 Å². The molecule has 0 aliphatic carbocycles. The van der Waals surface area contributed by atoms with Crippen molar-refractivity contribution in [3.8, 4) is 0 Å². The van der Waals surface area contributed by atoms with Crippen LogP contribution in [-0.2, 0) is 0 Å². The van der Waals surface area contributed by atoms with Crippen molar-refractivity contribution in [2.75, 3.05) is 0 Å². The fourth-order valence-electron chi connectivity index (χ4n) is 0. The largest absolute Gasteiger partial charge is 2.00 e. The molecule has 0 aromatic rings. The van der Waals surface area contributed by atoms with Crippen molar-refractivity contribution in [2.45, 2.75) is 19.8 Å². The first-order valence-corrected chi connectivity index (χ1v) is 1.71. The summed E-state index contributed by atoms with van der Waals surface area (Å²) in [7, 11) is 0. The van der Waals surface area contributed by atoms with Crippen LogP contribution in [0.3, 0.4) is 0 Å². The Kier molecular flexibility index (Phi) is 45.6. The smallest absolute Gasteiger partial charge is 0.693 e. The zero-order chi connectivity index (χ0) is 3.41. The number of hydrogen-bond acceptors (Lipinski definition) is 0. The fourth-order valence-corrected chi connectivity index (χ4v) is 0. The van der Waals surface area contributed by atoms with E-state index >= 15 is 0 Å². The van der Waals surface area contributed by atoms with Crippen molar-refractivity contribution in [1.82, 2.24) is 0 Å². The summed E-state index contributed by atoms with van der Waals surface area (Å²) in [5, 5.41) is 0. The second-order valence-electron chi connectivity index (χ2n) is 0.854. The zero-order valence-corrected chi connectivity index (χ0v) is 5.82. The molecule has 0 aliphatic heterocycles. The molecule has 0 saturated carbocycles. The van der Waals surface area contributed by atoms with Gasteiger partial charge in [-0.1, -0.05) is 13.3 Å². The molecule has 0 atom stereocenters. The molecule has 1 nitrogen and oxygen atoms in total. The fraction of sp³-hybridized carbons (Fsp3) is 0.750. The van der Waals surface area contributed by atoms with Crippen LogP contribution < -0.4 is 0 Å². The molecule has 0 unspecified atom stereocenters. The van der Waals surface area contributed by atoms with Gasteiger partial charge in [-0.3, -0.25) is 0 Å². The maximum Gasteiger partial charge on any atom is 2.00 e. The molecule has 0 saturated heterocycles. The van der Waals surface area contributed by atoms with Gasteiger partial charge in [0.05, 0.1) is 0 Å². The predicted octanol–water partition coefficient (Wildman–Crippen LogP) is 1.96. The third-order valence-corrected chi connectivity index (χ3v) is 0.354. The molecular weight excluding hydrogens is 86.4 g/mol. The van der Waals surface area contributed by atoms with Crippen molar-refractivity contribution < 1.29 is 0 Å². The van der Waals surface area contributed by atoms with Gasteiger partial charge in [-0.25, -0.2) is 0 Å². The van der Waals surface area contributed by atoms with E-state index in [2.05, 4.69) is 13.8 Å². The molecule has 0 spiro atoms. The molecule has 0 aliphatic rings. The second kappa shape index (κ2) is 17.2. The molecule has 0 fully saturated rings. The Bertz CT molecular complexity index is 9.51. The third-order valence-electron chi connectivity index (χ3n) is 0.354. The summed E-state index contributed by atoms with van der Waals surface area (Å²) in [5.41, 5.74) is 0. The van der Waals surface area contributed by atoms with Gasteiger partial charge in [0, 0.05) is 0 Å². The van der Waals surface area contributed by atoms with Crippen molar-refractivity contribution in [2.24, 2.45) is 0 Å². The number of hydrogen-bond donors (Lipinski definition) is 0. The van der Waals surface area contributed by atoms with Crippen LogP contribution in [-0.4, -0.2) is 23.1 Å². The van der Waals surface area contributed by atoms with Gasteiger partial charge >= 0.3 is 23.1 Å². The average Bonchev–Trinajstić information content (AvgIpc) is 1.37. The van der Waals surface area contributed by atoms with E-state index in [4.69, 9.17) is 0 Å². The molecule has 0 amide bonds. The Morgan fingerprint density at radius 3 is 1.67 bits per heavy atom. The summed E-state index contributed by atoms with van der Waals surface area (Å²) in [6.45, 7) is 5.72. The standard InChI is InChI=1S/C4H9.Mg.H2N/c1-3-4-2;;/h1,3-4H2,2H3;;1H2/q-1;+2;-1. The minimum Gasteiger partial charge on any atom is -0.693 e. The van der Waals surface area contributed by atoms with Crippen LogP contribution in [0.15, 0.2) is 0 Å². The Morgan fingerprint density at radius 1 is 1.50 bits per heavy atom. The van der Waals surface area contributed by atoms with Crippen molar-refractivity contribution in [3.63, 3.8) is 0 Å².